The van der Waals surface area contributed by atoms with Crippen molar-refractivity contribution in [3.05, 3.63) is 72.4 Å². The van der Waals surface area contributed by atoms with E-state index in [1.54, 1.807) is 12.3 Å². The van der Waals surface area contributed by atoms with E-state index in [-0.39, 0.29) is 12.5 Å². The molecule has 3 heterocycles. The Kier molecular flexibility index (Phi) is 4.21. The number of carbonyl (C=O) groups excluding carboxylic acids is 1. The van der Waals surface area contributed by atoms with E-state index in [1.165, 1.54) is 0 Å². The van der Waals surface area contributed by atoms with Gasteiger partial charge in [-0.25, -0.2) is 0 Å². The first-order valence-electron chi connectivity index (χ1n) is 7.92. The number of benzene rings is 1. The average Bonchev–Trinajstić information content (AvgIpc) is 3.37. The van der Waals surface area contributed by atoms with E-state index in [2.05, 4.69) is 30.6 Å². The molecule has 0 atom stereocenters. The highest BCUT2D eigenvalue weighted by Gasteiger charge is 2.13. The van der Waals surface area contributed by atoms with Gasteiger partial charge in [0.1, 0.15) is 11.4 Å². The largest absolute Gasteiger partial charge is 0.342 e. The van der Waals surface area contributed by atoms with Crippen LogP contribution in [0.1, 0.15) is 16.4 Å². The van der Waals surface area contributed by atoms with E-state index in [9.17, 15) is 4.79 Å². The van der Waals surface area contributed by atoms with Gasteiger partial charge in [-0.05, 0) is 18.2 Å². The zero-order valence-electron chi connectivity index (χ0n) is 13.6. The number of hydrogen-bond donors (Lipinski definition) is 2. The van der Waals surface area contributed by atoms with E-state index in [0.29, 0.717) is 28.8 Å². The zero-order valence-corrected chi connectivity index (χ0v) is 13.6. The second kappa shape index (κ2) is 6.98. The number of carbonyl (C=O) groups is 1. The minimum Gasteiger partial charge on any atom is -0.342 e. The number of rotatable bonds is 5. The lowest BCUT2D eigenvalue weighted by atomic mass is 10.2. The summed E-state index contributed by atoms with van der Waals surface area (Å²) in [6, 6.07) is 16.6. The Balaban J connectivity index is 1.40. The molecule has 26 heavy (non-hydrogen) atoms. The second-order valence-electron chi connectivity index (χ2n) is 5.44. The van der Waals surface area contributed by atoms with Crippen molar-refractivity contribution in [2.75, 3.05) is 0 Å². The summed E-state index contributed by atoms with van der Waals surface area (Å²) in [5.74, 6) is 0.481. The van der Waals surface area contributed by atoms with E-state index < -0.39 is 0 Å². The summed E-state index contributed by atoms with van der Waals surface area (Å²) >= 11 is 0. The van der Waals surface area contributed by atoms with Gasteiger partial charge in [-0.3, -0.25) is 14.9 Å². The van der Waals surface area contributed by atoms with Crippen LogP contribution in [-0.2, 0) is 6.54 Å². The highest BCUT2D eigenvalue weighted by atomic mass is 16.5. The van der Waals surface area contributed by atoms with Crippen molar-refractivity contribution in [1.82, 2.24) is 30.6 Å². The number of H-pyrrole nitrogens is 1. The molecule has 0 saturated heterocycles. The Hall–Kier alpha value is -3.81. The van der Waals surface area contributed by atoms with Crippen LogP contribution in [0.2, 0.25) is 0 Å². The predicted molar refractivity (Wildman–Crippen MR) is 92.7 cm³/mol. The Morgan fingerprint density at radius 2 is 1.92 bits per heavy atom. The normalized spacial score (nSPS) is 10.6. The van der Waals surface area contributed by atoms with Crippen molar-refractivity contribution in [2.45, 2.75) is 6.54 Å². The minimum atomic E-state index is -0.320. The highest BCUT2D eigenvalue weighted by molar-refractivity contribution is 5.93. The fourth-order valence-electron chi connectivity index (χ4n) is 2.37. The van der Waals surface area contributed by atoms with Gasteiger partial charge in [-0.1, -0.05) is 41.6 Å². The maximum atomic E-state index is 12.2. The van der Waals surface area contributed by atoms with Gasteiger partial charge in [-0.15, -0.1) is 0 Å². The number of nitrogens with one attached hydrogen (secondary N) is 2. The first-order valence-corrected chi connectivity index (χ1v) is 7.92. The SMILES string of the molecule is O=C(NCc1nc(-c2ccccc2)no1)c1cc(-c2ccccn2)n[nH]1. The van der Waals surface area contributed by atoms with Crippen molar-refractivity contribution in [3.63, 3.8) is 0 Å². The topological polar surface area (TPSA) is 110 Å². The number of hydrogen-bond acceptors (Lipinski definition) is 6. The van der Waals surface area contributed by atoms with Gasteiger partial charge in [0.25, 0.3) is 5.91 Å². The molecular formula is C18H14N6O2. The van der Waals surface area contributed by atoms with Crippen molar-refractivity contribution in [2.24, 2.45) is 0 Å². The summed E-state index contributed by atoms with van der Waals surface area (Å²) < 4.78 is 5.17. The Morgan fingerprint density at radius 3 is 2.73 bits per heavy atom. The van der Waals surface area contributed by atoms with Gasteiger partial charge in [0.2, 0.25) is 11.7 Å². The van der Waals surface area contributed by atoms with Crippen LogP contribution in [0.3, 0.4) is 0 Å². The second-order valence-corrected chi connectivity index (χ2v) is 5.44. The lowest BCUT2D eigenvalue weighted by Crippen LogP contribution is -2.23. The summed E-state index contributed by atoms with van der Waals surface area (Å²) in [5, 5.41) is 13.4. The molecule has 0 aliphatic heterocycles. The molecule has 0 saturated carbocycles. The van der Waals surface area contributed by atoms with Crippen LogP contribution in [0, 0.1) is 0 Å². The molecule has 0 fully saturated rings. The van der Waals surface area contributed by atoms with E-state index in [1.807, 2.05) is 48.5 Å². The van der Waals surface area contributed by atoms with Gasteiger partial charge < -0.3 is 9.84 Å². The van der Waals surface area contributed by atoms with Crippen LogP contribution >= 0.6 is 0 Å². The van der Waals surface area contributed by atoms with Crippen LogP contribution < -0.4 is 5.32 Å². The van der Waals surface area contributed by atoms with E-state index >= 15 is 0 Å². The fourth-order valence-corrected chi connectivity index (χ4v) is 2.37. The van der Waals surface area contributed by atoms with Gasteiger partial charge in [0.05, 0.1) is 12.2 Å². The molecule has 1 aromatic carbocycles. The Morgan fingerprint density at radius 1 is 1.08 bits per heavy atom. The first kappa shape index (κ1) is 15.7. The Labute approximate surface area is 148 Å². The number of amides is 1. The minimum absolute atomic E-state index is 0.122. The standard InChI is InChI=1S/C18H14N6O2/c25-18(15-10-14(22-23-15)13-8-4-5-9-19-13)20-11-16-21-17(24-26-16)12-6-2-1-3-7-12/h1-10H,11H2,(H,20,25)(H,22,23). The maximum absolute atomic E-state index is 12.2. The quantitative estimate of drug-likeness (QED) is 0.574. The lowest BCUT2D eigenvalue weighted by molar-refractivity contribution is 0.0941. The fraction of sp³-hybridized carbons (Fsp3) is 0.0556. The molecule has 4 aromatic rings. The number of aromatic nitrogens is 5. The summed E-state index contributed by atoms with van der Waals surface area (Å²) in [7, 11) is 0. The van der Waals surface area contributed by atoms with Gasteiger partial charge in [0, 0.05) is 11.8 Å². The van der Waals surface area contributed by atoms with Crippen molar-refractivity contribution < 1.29 is 9.32 Å². The number of aromatic amines is 1. The smallest absolute Gasteiger partial charge is 0.269 e. The summed E-state index contributed by atoms with van der Waals surface area (Å²) in [5.41, 5.74) is 2.46. The zero-order chi connectivity index (χ0) is 17.8. The predicted octanol–water partition coefficient (Wildman–Crippen LogP) is 2.45. The maximum Gasteiger partial charge on any atom is 0.269 e. The summed E-state index contributed by atoms with van der Waals surface area (Å²) in [6.45, 7) is 0.122. The molecule has 0 aliphatic carbocycles. The molecule has 0 spiro atoms. The molecule has 0 aliphatic rings. The van der Waals surface area contributed by atoms with Crippen LogP contribution in [0.5, 0.6) is 0 Å². The van der Waals surface area contributed by atoms with E-state index in [0.717, 1.165) is 5.56 Å². The molecule has 8 nitrogen and oxygen atoms in total. The van der Waals surface area contributed by atoms with Crippen LogP contribution in [0.25, 0.3) is 22.8 Å². The number of pyridine rings is 1. The highest BCUT2D eigenvalue weighted by Crippen LogP contribution is 2.15. The lowest BCUT2D eigenvalue weighted by Gasteiger charge is -1.98. The van der Waals surface area contributed by atoms with E-state index in [4.69, 9.17) is 4.52 Å². The molecular weight excluding hydrogens is 332 g/mol. The molecule has 128 valence electrons. The van der Waals surface area contributed by atoms with Crippen LogP contribution in [0.15, 0.2) is 65.3 Å². The van der Waals surface area contributed by atoms with Crippen LogP contribution in [-0.4, -0.2) is 31.2 Å². The van der Waals surface area contributed by atoms with Crippen molar-refractivity contribution in [1.29, 1.82) is 0 Å². The van der Waals surface area contributed by atoms with Crippen molar-refractivity contribution >= 4 is 5.91 Å². The molecule has 2 N–H and O–H groups in total. The molecule has 0 bridgehead atoms. The average molecular weight is 346 g/mol. The molecule has 0 radical (unpaired) electrons. The third-order valence-electron chi connectivity index (χ3n) is 3.65. The van der Waals surface area contributed by atoms with Gasteiger partial charge in [-0.2, -0.15) is 10.1 Å². The molecule has 8 heteroatoms. The third kappa shape index (κ3) is 3.34. The van der Waals surface area contributed by atoms with Gasteiger partial charge in [0.15, 0.2) is 0 Å². The monoisotopic (exact) mass is 346 g/mol. The Bertz CT molecular complexity index is 1010. The molecule has 3 aromatic heterocycles. The third-order valence-corrected chi connectivity index (χ3v) is 3.65. The molecule has 1 amide bonds. The van der Waals surface area contributed by atoms with Crippen molar-refractivity contribution in [3.8, 4) is 22.8 Å². The van der Waals surface area contributed by atoms with Gasteiger partial charge >= 0.3 is 0 Å². The molecule has 0 unspecified atom stereocenters. The molecule has 4 rings (SSSR count). The summed E-state index contributed by atoms with van der Waals surface area (Å²) in [4.78, 5) is 20.7. The summed E-state index contributed by atoms with van der Waals surface area (Å²) in [6.07, 6.45) is 1.67. The first-order chi connectivity index (χ1) is 12.8. The number of nitrogens with zero attached hydrogens (tertiary/aromatic N) is 4. The van der Waals surface area contributed by atoms with Crippen LogP contribution in [0.4, 0.5) is 0 Å².